The van der Waals surface area contributed by atoms with Crippen LogP contribution in [0.4, 0.5) is 8.78 Å². The molecule has 2 heterocycles. The van der Waals surface area contributed by atoms with Gasteiger partial charge in [-0.3, -0.25) is 0 Å². The molecule has 0 fully saturated rings. The van der Waals surface area contributed by atoms with Crippen molar-refractivity contribution in [1.82, 2.24) is 4.72 Å². The Hall–Kier alpha value is -2.03. The van der Waals surface area contributed by atoms with E-state index in [0.29, 0.717) is 10.6 Å². The molecule has 120 valence electrons. The molecule has 0 radical (unpaired) electrons. The van der Waals surface area contributed by atoms with Crippen molar-refractivity contribution < 1.29 is 21.6 Å². The minimum Gasteiger partial charge on any atom is -0.464 e. The van der Waals surface area contributed by atoms with Gasteiger partial charge in [0.25, 0.3) is 0 Å². The first-order valence-corrected chi connectivity index (χ1v) is 8.88. The molecule has 1 N–H and O–H groups in total. The Morgan fingerprint density at radius 2 is 1.87 bits per heavy atom. The molecule has 0 saturated heterocycles. The van der Waals surface area contributed by atoms with Gasteiger partial charge in [0.05, 0.1) is 6.26 Å². The first kappa shape index (κ1) is 15.9. The Morgan fingerprint density at radius 3 is 2.52 bits per heavy atom. The minimum absolute atomic E-state index is 0.0680. The van der Waals surface area contributed by atoms with Gasteiger partial charge in [-0.25, -0.2) is 21.9 Å². The van der Waals surface area contributed by atoms with Crippen molar-refractivity contribution in [1.29, 1.82) is 0 Å². The molecule has 3 aromatic rings. The van der Waals surface area contributed by atoms with Crippen LogP contribution >= 0.6 is 11.3 Å². The molecule has 0 aliphatic rings. The fourth-order valence-electron chi connectivity index (χ4n) is 2.02. The lowest BCUT2D eigenvalue weighted by Gasteiger charge is -2.07. The number of hydrogen-bond donors (Lipinski definition) is 1. The smallest absolute Gasteiger partial charge is 0.246 e. The third-order valence-corrected chi connectivity index (χ3v) is 5.47. The zero-order valence-corrected chi connectivity index (χ0v) is 13.3. The second-order valence-corrected chi connectivity index (χ2v) is 7.35. The van der Waals surface area contributed by atoms with Gasteiger partial charge in [-0.1, -0.05) is 6.07 Å². The predicted molar refractivity (Wildman–Crippen MR) is 82.4 cm³/mol. The Morgan fingerprint density at radius 1 is 1.13 bits per heavy atom. The van der Waals surface area contributed by atoms with Crippen LogP contribution in [-0.4, -0.2) is 8.42 Å². The summed E-state index contributed by atoms with van der Waals surface area (Å²) in [6, 6.07) is 8.19. The molecule has 0 aliphatic heterocycles. The quantitative estimate of drug-likeness (QED) is 0.758. The van der Waals surface area contributed by atoms with E-state index in [1.54, 1.807) is 18.2 Å². The van der Waals surface area contributed by atoms with Gasteiger partial charge in [0, 0.05) is 22.4 Å². The standard InChI is InChI=1S/C15H11F2NO3S2/c16-12-3-1-4-13(17)15(12)23(19,20)18-8-11-7-10(9-22-11)14-5-2-6-21-14/h1-7,9,18H,8H2. The summed E-state index contributed by atoms with van der Waals surface area (Å²) >= 11 is 1.32. The van der Waals surface area contributed by atoms with Gasteiger partial charge in [-0.15, -0.1) is 11.3 Å². The molecule has 0 atom stereocenters. The van der Waals surface area contributed by atoms with Crippen LogP contribution in [-0.2, 0) is 16.6 Å². The Bertz CT molecular complexity index is 898. The molecular weight excluding hydrogens is 344 g/mol. The Balaban J connectivity index is 1.78. The van der Waals surface area contributed by atoms with Crippen molar-refractivity contribution in [2.75, 3.05) is 0 Å². The van der Waals surface area contributed by atoms with Crippen molar-refractivity contribution >= 4 is 21.4 Å². The van der Waals surface area contributed by atoms with Crippen LogP contribution in [0.1, 0.15) is 4.88 Å². The number of sulfonamides is 1. The van der Waals surface area contributed by atoms with Crippen molar-refractivity contribution in [2.45, 2.75) is 11.4 Å². The number of nitrogens with one attached hydrogen (secondary N) is 1. The summed E-state index contributed by atoms with van der Waals surface area (Å²) in [4.78, 5) is -0.278. The second kappa shape index (κ2) is 6.23. The Labute approximate surface area is 135 Å². The first-order valence-electron chi connectivity index (χ1n) is 6.52. The summed E-state index contributed by atoms with van der Waals surface area (Å²) in [6.07, 6.45) is 1.54. The van der Waals surface area contributed by atoms with E-state index < -0.39 is 26.6 Å². The molecule has 1 aromatic carbocycles. The lowest BCUT2D eigenvalue weighted by atomic mass is 10.2. The summed E-state index contributed by atoms with van der Waals surface area (Å²) in [7, 11) is -4.28. The van der Waals surface area contributed by atoms with Gasteiger partial charge in [0.1, 0.15) is 17.4 Å². The highest BCUT2D eigenvalue weighted by Crippen LogP contribution is 2.26. The van der Waals surface area contributed by atoms with Gasteiger partial charge in [-0.05, 0) is 30.3 Å². The summed E-state index contributed by atoms with van der Waals surface area (Å²) in [6.45, 7) is -0.0680. The van der Waals surface area contributed by atoms with Crippen LogP contribution in [0, 0.1) is 11.6 Å². The molecule has 3 rings (SSSR count). The van der Waals surface area contributed by atoms with Crippen molar-refractivity contribution in [3.8, 4) is 11.3 Å². The van der Waals surface area contributed by atoms with E-state index in [1.165, 1.54) is 17.6 Å². The summed E-state index contributed by atoms with van der Waals surface area (Å²) in [5.41, 5.74) is 0.811. The molecule has 8 heteroatoms. The Kier molecular flexibility index (Phi) is 4.29. The SMILES string of the molecule is O=S(=O)(NCc1cc(-c2ccco2)cs1)c1c(F)cccc1F. The summed E-state index contributed by atoms with van der Waals surface area (Å²) < 4.78 is 58.8. The van der Waals surface area contributed by atoms with E-state index in [0.717, 1.165) is 23.8 Å². The molecule has 4 nitrogen and oxygen atoms in total. The van der Waals surface area contributed by atoms with Crippen LogP contribution < -0.4 is 4.72 Å². The summed E-state index contributed by atoms with van der Waals surface area (Å²) in [5, 5.41) is 1.81. The maximum atomic E-state index is 13.6. The summed E-state index contributed by atoms with van der Waals surface area (Å²) in [5.74, 6) is -1.59. The highest BCUT2D eigenvalue weighted by molar-refractivity contribution is 7.89. The van der Waals surface area contributed by atoms with Crippen LogP contribution in [0.2, 0.25) is 0 Å². The lowest BCUT2D eigenvalue weighted by molar-refractivity contribution is 0.514. The number of rotatable bonds is 5. The maximum Gasteiger partial charge on any atom is 0.246 e. The predicted octanol–water partition coefficient (Wildman–Crippen LogP) is 3.76. The lowest BCUT2D eigenvalue weighted by Crippen LogP contribution is -2.24. The third-order valence-electron chi connectivity index (χ3n) is 3.08. The molecule has 23 heavy (non-hydrogen) atoms. The third kappa shape index (κ3) is 3.34. The van der Waals surface area contributed by atoms with Gasteiger partial charge >= 0.3 is 0 Å². The van der Waals surface area contributed by atoms with Gasteiger partial charge in [0.2, 0.25) is 10.0 Å². The zero-order chi connectivity index (χ0) is 16.4. The monoisotopic (exact) mass is 355 g/mol. The normalized spacial score (nSPS) is 11.7. The van der Waals surface area contributed by atoms with Crippen LogP contribution in [0.25, 0.3) is 11.3 Å². The minimum atomic E-state index is -4.28. The van der Waals surface area contributed by atoms with E-state index in [9.17, 15) is 17.2 Å². The highest BCUT2D eigenvalue weighted by atomic mass is 32.2. The maximum absolute atomic E-state index is 13.6. The van der Waals surface area contributed by atoms with E-state index >= 15 is 0 Å². The highest BCUT2D eigenvalue weighted by Gasteiger charge is 2.23. The van der Waals surface area contributed by atoms with E-state index in [4.69, 9.17) is 4.42 Å². The average molecular weight is 355 g/mol. The zero-order valence-electron chi connectivity index (χ0n) is 11.6. The number of hydrogen-bond acceptors (Lipinski definition) is 4. The number of benzene rings is 1. The second-order valence-electron chi connectivity index (χ2n) is 4.65. The first-order chi connectivity index (χ1) is 11.0. The van der Waals surface area contributed by atoms with Crippen molar-refractivity contribution in [3.63, 3.8) is 0 Å². The number of halogens is 2. The van der Waals surface area contributed by atoms with Crippen molar-refractivity contribution in [3.05, 3.63) is 64.6 Å². The van der Waals surface area contributed by atoms with Crippen LogP contribution in [0.15, 0.2) is 57.4 Å². The fraction of sp³-hybridized carbons (Fsp3) is 0.0667. The molecule has 0 saturated carbocycles. The van der Waals surface area contributed by atoms with Crippen LogP contribution in [0.5, 0.6) is 0 Å². The largest absolute Gasteiger partial charge is 0.464 e. The number of furan rings is 1. The number of thiophene rings is 1. The molecule has 0 spiro atoms. The van der Waals surface area contributed by atoms with Gasteiger partial charge < -0.3 is 4.42 Å². The topological polar surface area (TPSA) is 59.3 Å². The van der Waals surface area contributed by atoms with E-state index in [-0.39, 0.29) is 6.54 Å². The molecule has 0 unspecified atom stereocenters. The van der Waals surface area contributed by atoms with Crippen LogP contribution in [0.3, 0.4) is 0 Å². The molecule has 0 aliphatic carbocycles. The molecule has 0 amide bonds. The van der Waals surface area contributed by atoms with Crippen molar-refractivity contribution in [2.24, 2.45) is 0 Å². The molecule has 2 aromatic heterocycles. The fourth-order valence-corrected chi connectivity index (χ4v) is 4.07. The van der Waals surface area contributed by atoms with E-state index in [1.807, 2.05) is 5.38 Å². The molecular formula is C15H11F2NO3S2. The van der Waals surface area contributed by atoms with E-state index in [2.05, 4.69) is 4.72 Å². The molecule has 0 bridgehead atoms. The average Bonchev–Trinajstić information content (AvgIpc) is 3.16. The van der Waals surface area contributed by atoms with Gasteiger partial charge in [-0.2, -0.15) is 0 Å². The van der Waals surface area contributed by atoms with Gasteiger partial charge in [0.15, 0.2) is 4.90 Å².